The molecule has 3 aliphatic rings. The summed E-state index contributed by atoms with van der Waals surface area (Å²) in [6, 6.07) is 0. The van der Waals surface area contributed by atoms with Gasteiger partial charge in [-0.05, 0) is 96.2 Å². The van der Waals surface area contributed by atoms with E-state index in [2.05, 4.69) is 39.2 Å². The molecule has 0 fully saturated rings. The molecule has 0 aliphatic heterocycles. The van der Waals surface area contributed by atoms with Crippen LogP contribution >= 0.6 is 0 Å². The van der Waals surface area contributed by atoms with Crippen molar-refractivity contribution in [1.29, 1.82) is 0 Å². The van der Waals surface area contributed by atoms with Crippen molar-refractivity contribution in [2.24, 2.45) is 23.2 Å². The largest absolute Gasteiger partial charge is 0.386 e. The first-order valence-electron chi connectivity index (χ1n) is 15.9. The van der Waals surface area contributed by atoms with E-state index >= 15 is 0 Å². The summed E-state index contributed by atoms with van der Waals surface area (Å²) in [7, 11) is 0. The van der Waals surface area contributed by atoms with E-state index < -0.39 is 24.9 Å². The van der Waals surface area contributed by atoms with Crippen molar-refractivity contribution in [1.82, 2.24) is 0 Å². The Morgan fingerprint density at radius 3 is 1.67 bits per heavy atom. The Morgan fingerprint density at radius 2 is 1.27 bits per heavy atom. The molecule has 5 unspecified atom stereocenters. The van der Waals surface area contributed by atoms with Crippen molar-refractivity contribution in [3.05, 3.63) is 72.9 Å². The van der Waals surface area contributed by atoms with Crippen LogP contribution in [-0.4, -0.2) is 21.4 Å². The fourth-order valence-corrected chi connectivity index (χ4v) is 3.93. The van der Waals surface area contributed by atoms with Crippen LogP contribution in [0.15, 0.2) is 72.9 Å². The van der Waals surface area contributed by atoms with Crippen LogP contribution in [0.3, 0.4) is 0 Å². The van der Waals surface area contributed by atoms with E-state index in [1.165, 1.54) is 6.08 Å². The molecule has 33 heavy (non-hydrogen) atoms. The molecule has 0 spiro atoms. The Kier molecular flexibility index (Phi) is 6.88. The zero-order chi connectivity index (χ0) is 32.0. The minimum Gasteiger partial charge on any atom is -0.386 e. The molecule has 0 saturated heterocycles. The van der Waals surface area contributed by atoms with Gasteiger partial charge in [-0.2, -0.15) is 0 Å². The molecule has 0 aromatic carbocycles. The van der Waals surface area contributed by atoms with Crippen molar-refractivity contribution in [2.45, 2.75) is 98.0 Å². The second-order valence-corrected chi connectivity index (χ2v) is 10.8. The number of aliphatic hydroxyl groups is 2. The number of rotatable bonds is 3. The zero-order valence-electron chi connectivity index (χ0n) is 29.2. The van der Waals surface area contributed by atoms with Crippen LogP contribution in [0.2, 0.25) is 0 Å². The zero-order valence-corrected chi connectivity index (χ0v) is 21.2. The molecule has 0 bridgehead atoms. The molecule has 0 amide bonds. The fourth-order valence-electron chi connectivity index (χ4n) is 3.93. The van der Waals surface area contributed by atoms with Crippen molar-refractivity contribution < 1.29 is 21.2 Å². The van der Waals surface area contributed by atoms with Gasteiger partial charge in [0, 0.05) is 8.22 Å². The summed E-state index contributed by atoms with van der Waals surface area (Å²) < 4.78 is 57.7. The maximum atomic E-state index is 9.83. The van der Waals surface area contributed by atoms with Gasteiger partial charge in [0.25, 0.3) is 0 Å². The monoisotopic (exact) mass is 462 g/mol. The third-order valence-electron chi connectivity index (χ3n) is 6.61. The van der Waals surface area contributed by atoms with Crippen LogP contribution < -0.4 is 0 Å². The average Bonchev–Trinajstić information content (AvgIpc) is 2.83. The lowest BCUT2D eigenvalue weighted by Crippen LogP contribution is -2.25. The van der Waals surface area contributed by atoms with Gasteiger partial charge in [-0.15, -0.1) is 0 Å². The summed E-state index contributed by atoms with van der Waals surface area (Å²) >= 11 is 0. The van der Waals surface area contributed by atoms with Crippen molar-refractivity contribution in [3.8, 4) is 0 Å². The molecule has 3 rings (SSSR count). The molecule has 5 atom stereocenters. The van der Waals surface area contributed by atoms with Gasteiger partial charge in [-0.3, -0.25) is 0 Å². The van der Waals surface area contributed by atoms with Crippen LogP contribution in [0, 0.1) is 23.2 Å². The Bertz CT molecular complexity index is 1040. The first kappa shape index (κ1) is 18.7. The maximum absolute atomic E-state index is 9.83. The number of hydrogen-bond acceptors (Lipinski definition) is 2. The highest BCUT2D eigenvalue weighted by Crippen LogP contribution is 2.34. The summed E-state index contributed by atoms with van der Waals surface area (Å²) in [5.74, 6) is 0.415. The highest BCUT2D eigenvalue weighted by atomic mass is 16.3. The minimum atomic E-state index is -2.33. The summed E-state index contributed by atoms with van der Waals surface area (Å²) in [5, 5.41) is 19.4. The van der Waals surface area contributed by atoms with E-state index in [-0.39, 0.29) is 30.4 Å². The predicted octanol–water partition coefficient (Wildman–Crippen LogP) is 8.11. The smallest absolute Gasteiger partial charge is 0.0800 e. The van der Waals surface area contributed by atoms with Crippen molar-refractivity contribution >= 4 is 0 Å². The van der Waals surface area contributed by atoms with Crippen molar-refractivity contribution in [2.75, 3.05) is 0 Å². The van der Waals surface area contributed by atoms with E-state index in [9.17, 15) is 10.2 Å². The van der Waals surface area contributed by atoms with E-state index in [0.717, 1.165) is 24.0 Å². The molecular weight excluding hydrogens is 404 g/mol. The molecule has 0 aromatic rings. The quantitative estimate of drug-likeness (QED) is 0.416. The van der Waals surface area contributed by atoms with Crippen molar-refractivity contribution in [3.63, 3.8) is 0 Å². The first-order chi connectivity index (χ1) is 18.4. The average molecular weight is 463 g/mol. The summed E-state index contributed by atoms with van der Waals surface area (Å²) in [6.07, 6.45) is 15.3. The van der Waals surface area contributed by atoms with Crippen LogP contribution in [0.1, 0.15) is 97.8 Å². The lowest BCUT2D eigenvalue weighted by atomic mass is 9.77. The molecule has 0 saturated carbocycles. The Balaban J connectivity index is 0.000000308. The standard InChI is InChI=1S/C11H18.2C10H16O/c1-9(2)10-5-7-11(3,4)8-6-10;2*1-8(2)9-4-6-10(3,11)7-5-9/h5,7,10H,1,6,8H2,2-4H3;2*4,6,9,11H,1,5,7H2,2-3H3/i1D2;3D3;2D3. The van der Waals surface area contributed by atoms with E-state index in [0.29, 0.717) is 30.6 Å². The van der Waals surface area contributed by atoms with E-state index in [4.69, 9.17) is 11.0 Å². The maximum Gasteiger partial charge on any atom is 0.0800 e. The fraction of sp³-hybridized carbons (Fsp3) is 0.613. The third-order valence-corrected chi connectivity index (χ3v) is 6.61. The summed E-state index contributed by atoms with van der Waals surface area (Å²) in [6.45, 7) is 13.0. The summed E-state index contributed by atoms with van der Waals surface area (Å²) in [5.41, 5.74) is 0.0516. The Labute approximate surface area is 215 Å². The number of allylic oxidation sites excluding steroid dienone is 7. The van der Waals surface area contributed by atoms with Crippen LogP contribution in [0.4, 0.5) is 0 Å². The van der Waals surface area contributed by atoms with Gasteiger partial charge in [0.15, 0.2) is 0 Å². The van der Waals surface area contributed by atoms with E-state index in [1.54, 1.807) is 25.2 Å². The van der Waals surface area contributed by atoms with Gasteiger partial charge in [0.2, 0.25) is 0 Å². The minimum absolute atomic E-state index is 0.0191. The van der Waals surface area contributed by atoms with Gasteiger partial charge < -0.3 is 10.2 Å². The molecule has 3 aliphatic carbocycles. The normalized spacial score (nSPS) is 38.5. The highest BCUT2D eigenvalue weighted by Gasteiger charge is 2.24. The van der Waals surface area contributed by atoms with E-state index in [1.807, 2.05) is 13.8 Å². The van der Waals surface area contributed by atoms with Gasteiger partial charge in [0.1, 0.15) is 0 Å². The molecule has 186 valence electrons. The first-order valence-corrected chi connectivity index (χ1v) is 11.9. The molecule has 0 aromatic heterocycles. The van der Waals surface area contributed by atoms with Gasteiger partial charge >= 0.3 is 0 Å². The van der Waals surface area contributed by atoms with Crippen LogP contribution in [0.5, 0.6) is 0 Å². The van der Waals surface area contributed by atoms with Gasteiger partial charge in [0.05, 0.1) is 13.9 Å². The van der Waals surface area contributed by atoms with Crippen LogP contribution in [-0.2, 0) is 0 Å². The molecule has 2 N–H and O–H groups in total. The van der Waals surface area contributed by atoms with Gasteiger partial charge in [-0.25, -0.2) is 0 Å². The Morgan fingerprint density at radius 1 is 0.788 bits per heavy atom. The second-order valence-electron chi connectivity index (χ2n) is 10.8. The predicted molar refractivity (Wildman–Crippen MR) is 145 cm³/mol. The molecule has 0 heterocycles. The number of hydrogen-bond donors (Lipinski definition) is 2. The molecular formula is C31H50O2. The lowest BCUT2D eigenvalue weighted by molar-refractivity contribution is 0.0898. The summed E-state index contributed by atoms with van der Waals surface area (Å²) in [4.78, 5) is 0. The van der Waals surface area contributed by atoms with Gasteiger partial charge in [-0.1, -0.05) is 86.7 Å². The molecule has 0 radical (unpaired) electrons. The second kappa shape index (κ2) is 12.2. The highest BCUT2D eigenvalue weighted by molar-refractivity contribution is 5.16. The SMILES string of the molecule is [2H]C([2H])([2H])C(=C)C1C=CC(C)(O)CC1.[2H]C([2H])([2H])C1(O)C=CC(C(=C)C)CC1.[2H]C([2H])=C(C)C1C=CC(C)(C)CC1. The molecule has 2 nitrogen and oxygen atoms in total. The Hall–Kier alpha value is -1.64. The lowest BCUT2D eigenvalue weighted by Gasteiger charge is -2.28. The molecule has 2 heteroatoms. The third kappa shape index (κ3) is 11.4. The topological polar surface area (TPSA) is 40.5 Å². The van der Waals surface area contributed by atoms with Crippen LogP contribution in [0.25, 0.3) is 0 Å².